The lowest BCUT2D eigenvalue weighted by Crippen LogP contribution is -2.38. The molecule has 2 aromatic carbocycles. The predicted octanol–water partition coefficient (Wildman–Crippen LogP) is 5.31. The molecule has 3 aromatic rings. The van der Waals surface area contributed by atoms with E-state index in [9.17, 15) is 9.59 Å². The Morgan fingerprint density at radius 1 is 0.967 bits per heavy atom. The minimum Gasteiger partial charge on any atom is -0.335 e. The minimum atomic E-state index is -0.383. The number of nitrogens with zero attached hydrogens (tertiary/aromatic N) is 2. The van der Waals surface area contributed by atoms with Gasteiger partial charge in [-0.3, -0.25) is 10.1 Å². The Hall–Kier alpha value is -3.19. The fraction of sp³-hybridized carbons (Fsp3) is 0.261. The van der Waals surface area contributed by atoms with Gasteiger partial charge in [0.2, 0.25) is 0 Å². The van der Waals surface area contributed by atoms with Gasteiger partial charge in [0.25, 0.3) is 5.91 Å². The summed E-state index contributed by atoms with van der Waals surface area (Å²) >= 11 is 1.37. The van der Waals surface area contributed by atoms with Crippen LogP contribution in [0.2, 0.25) is 0 Å². The first-order valence-corrected chi connectivity index (χ1v) is 11.0. The van der Waals surface area contributed by atoms with E-state index in [1.54, 1.807) is 35.5 Å². The number of anilines is 2. The van der Waals surface area contributed by atoms with Gasteiger partial charge in [-0.05, 0) is 49.2 Å². The molecule has 154 valence electrons. The third-order valence-electron chi connectivity index (χ3n) is 5.13. The highest BCUT2D eigenvalue weighted by molar-refractivity contribution is 7.13. The molecule has 1 N–H and O–H groups in total. The van der Waals surface area contributed by atoms with Gasteiger partial charge < -0.3 is 4.84 Å². The Labute approximate surface area is 179 Å². The zero-order valence-corrected chi connectivity index (χ0v) is 17.3. The molecule has 1 aromatic heterocycles. The normalized spacial score (nSPS) is 14.1. The van der Waals surface area contributed by atoms with Crippen molar-refractivity contribution in [2.75, 3.05) is 10.4 Å². The van der Waals surface area contributed by atoms with E-state index in [2.05, 4.69) is 10.3 Å². The molecule has 0 bridgehead atoms. The van der Waals surface area contributed by atoms with Crippen LogP contribution in [0.4, 0.5) is 10.8 Å². The van der Waals surface area contributed by atoms with Gasteiger partial charge in [-0.15, -0.1) is 11.3 Å². The summed E-state index contributed by atoms with van der Waals surface area (Å²) in [6, 6.07) is 16.2. The first kappa shape index (κ1) is 20.1. The van der Waals surface area contributed by atoms with Gasteiger partial charge in [0.05, 0.1) is 17.3 Å². The first-order chi connectivity index (χ1) is 14.7. The van der Waals surface area contributed by atoms with Gasteiger partial charge in [0, 0.05) is 17.1 Å². The lowest BCUT2D eigenvalue weighted by molar-refractivity contribution is 0.0378. The summed E-state index contributed by atoms with van der Waals surface area (Å²) in [4.78, 5) is 35.0. The predicted molar refractivity (Wildman–Crippen MR) is 118 cm³/mol. The van der Waals surface area contributed by atoms with Crippen molar-refractivity contribution in [2.24, 2.45) is 0 Å². The monoisotopic (exact) mass is 421 g/mol. The molecule has 0 atom stereocenters. The first-order valence-electron chi connectivity index (χ1n) is 10.1. The Balaban J connectivity index is 1.52. The molecule has 6 nitrogen and oxygen atoms in total. The highest BCUT2D eigenvalue weighted by atomic mass is 32.1. The van der Waals surface area contributed by atoms with Crippen molar-refractivity contribution in [1.29, 1.82) is 0 Å². The second-order valence-corrected chi connectivity index (χ2v) is 8.10. The maximum atomic E-state index is 12.7. The Kier molecular flexibility index (Phi) is 6.39. The van der Waals surface area contributed by atoms with Crippen molar-refractivity contribution in [3.8, 4) is 0 Å². The van der Waals surface area contributed by atoms with E-state index in [0.29, 0.717) is 16.3 Å². The quantitative estimate of drug-likeness (QED) is 0.547. The highest BCUT2D eigenvalue weighted by Crippen LogP contribution is 2.29. The van der Waals surface area contributed by atoms with Crippen LogP contribution >= 0.6 is 11.3 Å². The molecule has 0 saturated heterocycles. The summed E-state index contributed by atoms with van der Waals surface area (Å²) in [5.74, 6) is -0.603. The topological polar surface area (TPSA) is 71.5 Å². The number of aromatic nitrogens is 1. The van der Waals surface area contributed by atoms with Crippen molar-refractivity contribution >= 4 is 34.0 Å². The van der Waals surface area contributed by atoms with Crippen LogP contribution in [0.25, 0.3) is 0 Å². The number of carbonyl (C=O) groups excluding carboxylic acids is 2. The number of hydrogen-bond acceptors (Lipinski definition) is 6. The number of amides is 1. The highest BCUT2D eigenvalue weighted by Gasteiger charge is 2.26. The number of rotatable bonds is 6. The van der Waals surface area contributed by atoms with Crippen LogP contribution in [-0.4, -0.2) is 22.9 Å². The van der Waals surface area contributed by atoms with Crippen LogP contribution in [0.3, 0.4) is 0 Å². The van der Waals surface area contributed by atoms with Crippen LogP contribution in [0.15, 0.2) is 66.2 Å². The second kappa shape index (κ2) is 9.54. The molecule has 1 amide bonds. The molecule has 30 heavy (non-hydrogen) atoms. The molecule has 7 heteroatoms. The molecule has 1 aliphatic rings. The molecule has 0 radical (unpaired) electrons. The zero-order valence-electron chi connectivity index (χ0n) is 16.5. The van der Waals surface area contributed by atoms with E-state index in [0.717, 1.165) is 31.4 Å². The van der Waals surface area contributed by atoms with Crippen LogP contribution < -0.4 is 10.4 Å². The smallest absolute Gasteiger partial charge is 0.335 e. The second-order valence-electron chi connectivity index (χ2n) is 7.20. The fourth-order valence-electron chi connectivity index (χ4n) is 3.58. The van der Waals surface area contributed by atoms with Crippen LogP contribution in [0.5, 0.6) is 0 Å². The number of benzene rings is 2. The third kappa shape index (κ3) is 4.86. The van der Waals surface area contributed by atoms with Crippen molar-refractivity contribution in [3.05, 3.63) is 77.3 Å². The Bertz CT molecular complexity index is 969. The van der Waals surface area contributed by atoms with Gasteiger partial charge in [0.15, 0.2) is 5.13 Å². The largest absolute Gasteiger partial charge is 0.363 e. The molecular weight excluding hydrogens is 398 g/mol. The average molecular weight is 422 g/mol. The number of thiazole rings is 1. The fourth-order valence-corrected chi connectivity index (χ4v) is 4.11. The van der Waals surface area contributed by atoms with E-state index < -0.39 is 0 Å². The van der Waals surface area contributed by atoms with Crippen molar-refractivity contribution < 1.29 is 14.4 Å². The zero-order chi connectivity index (χ0) is 20.8. The van der Waals surface area contributed by atoms with Gasteiger partial charge in [0.1, 0.15) is 0 Å². The molecule has 0 spiro atoms. The lowest BCUT2D eigenvalue weighted by Gasteiger charge is -2.34. The molecule has 0 aliphatic heterocycles. The standard InChI is InChI=1S/C23H23N3O3S/c27-21(25-23-24-15-16-30-23)17-11-13-20(14-12-17)26(19-9-5-2-6-10-19)29-22(28)18-7-3-1-4-8-18/h1,3-4,7-8,11-16,19H,2,5-6,9-10H2,(H,24,25,27). The Morgan fingerprint density at radius 2 is 1.70 bits per heavy atom. The number of carbonyl (C=O) groups is 2. The van der Waals surface area contributed by atoms with E-state index in [4.69, 9.17) is 4.84 Å². The lowest BCUT2D eigenvalue weighted by atomic mass is 9.95. The summed E-state index contributed by atoms with van der Waals surface area (Å²) in [6.07, 6.45) is 7.00. The van der Waals surface area contributed by atoms with Crippen molar-refractivity contribution in [1.82, 2.24) is 4.98 Å². The van der Waals surface area contributed by atoms with Crippen molar-refractivity contribution in [3.63, 3.8) is 0 Å². The maximum absolute atomic E-state index is 12.7. The van der Waals surface area contributed by atoms with Gasteiger partial charge in [-0.1, -0.05) is 37.5 Å². The van der Waals surface area contributed by atoms with Crippen LogP contribution in [-0.2, 0) is 4.84 Å². The van der Waals surface area contributed by atoms with Crippen LogP contribution in [0.1, 0.15) is 52.8 Å². The average Bonchev–Trinajstić information content (AvgIpc) is 3.31. The number of hydrogen-bond donors (Lipinski definition) is 1. The summed E-state index contributed by atoms with van der Waals surface area (Å²) in [5.41, 5.74) is 1.79. The van der Waals surface area contributed by atoms with Crippen molar-refractivity contribution in [2.45, 2.75) is 38.1 Å². The van der Waals surface area contributed by atoms with Crippen LogP contribution in [0, 0.1) is 0 Å². The van der Waals surface area contributed by atoms with Gasteiger partial charge in [-0.25, -0.2) is 14.8 Å². The molecule has 1 saturated carbocycles. The molecule has 1 aliphatic carbocycles. The van der Waals surface area contributed by atoms with Gasteiger partial charge in [-0.2, -0.15) is 0 Å². The molecule has 1 fully saturated rings. The van der Waals surface area contributed by atoms with E-state index in [1.165, 1.54) is 17.8 Å². The molecular formula is C23H23N3O3S. The molecule has 1 heterocycles. The van der Waals surface area contributed by atoms with E-state index >= 15 is 0 Å². The summed E-state index contributed by atoms with van der Waals surface area (Å²) in [7, 11) is 0. The number of hydroxylamine groups is 1. The number of nitrogens with one attached hydrogen (secondary N) is 1. The maximum Gasteiger partial charge on any atom is 0.363 e. The van der Waals surface area contributed by atoms with E-state index in [-0.39, 0.29) is 17.9 Å². The summed E-state index contributed by atoms with van der Waals surface area (Å²) in [6.45, 7) is 0. The Morgan fingerprint density at radius 3 is 2.37 bits per heavy atom. The molecule has 0 unspecified atom stereocenters. The SMILES string of the molecule is O=C(Nc1nccs1)c1ccc(N(OC(=O)c2ccccc2)C2CCCCC2)cc1. The third-order valence-corrected chi connectivity index (χ3v) is 5.82. The van der Waals surface area contributed by atoms with E-state index in [1.807, 2.05) is 35.7 Å². The van der Waals surface area contributed by atoms with Gasteiger partial charge >= 0.3 is 5.97 Å². The molecule has 4 rings (SSSR count). The minimum absolute atomic E-state index is 0.126. The summed E-state index contributed by atoms with van der Waals surface area (Å²) < 4.78 is 0. The summed E-state index contributed by atoms with van der Waals surface area (Å²) in [5, 5.41) is 6.86.